The van der Waals surface area contributed by atoms with Crippen LogP contribution in [-0.2, 0) is 17.8 Å². The summed E-state index contributed by atoms with van der Waals surface area (Å²) in [6, 6.07) is 21.4. The molecule has 4 nitrogen and oxygen atoms in total. The molecule has 1 amide bonds. The highest BCUT2D eigenvalue weighted by Gasteiger charge is 2.09. The van der Waals surface area contributed by atoms with Crippen LogP contribution in [0.1, 0.15) is 16.7 Å². The molecule has 156 valence electrons. The molecule has 0 aliphatic rings. The highest BCUT2D eigenvalue weighted by Crippen LogP contribution is 2.23. The Hall–Kier alpha value is -3.86. The second-order valence-electron chi connectivity index (χ2n) is 7.39. The minimum atomic E-state index is -0.239. The van der Waals surface area contributed by atoms with Gasteiger partial charge in [-0.1, -0.05) is 42.5 Å². The van der Waals surface area contributed by atoms with Crippen LogP contribution in [-0.4, -0.2) is 22.1 Å². The van der Waals surface area contributed by atoms with Crippen molar-refractivity contribution in [3.05, 3.63) is 108 Å². The van der Waals surface area contributed by atoms with Gasteiger partial charge in [0.25, 0.3) is 0 Å². The van der Waals surface area contributed by atoms with Crippen molar-refractivity contribution in [1.29, 1.82) is 0 Å². The molecule has 1 aromatic heterocycles. The van der Waals surface area contributed by atoms with Gasteiger partial charge in [0.2, 0.25) is 5.91 Å². The van der Waals surface area contributed by atoms with Gasteiger partial charge in [-0.15, -0.1) is 0 Å². The van der Waals surface area contributed by atoms with Crippen LogP contribution in [0.25, 0.3) is 17.0 Å². The molecule has 0 bridgehead atoms. The molecule has 0 spiro atoms. The Balaban J connectivity index is 1.40. The fourth-order valence-corrected chi connectivity index (χ4v) is 3.58. The van der Waals surface area contributed by atoms with E-state index in [9.17, 15) is 14.3 Å². The van der Waals surface area contributed by atoms with Gasteiger partial charge in [-0.25, -0.2) is 4.39 Å². The van der Waals surface area contributed by atoms with Crippen LogP contribution in [0.4, 0.5) is 4.39 Å². The Bertz CT molecular complexity index is 1210. The fraction of sp³-hybridized carbons (Fsp3) is 0.115. The van der Waals surface area contributed by atoms with E-state index in [-0.39, 0.29) is 17.5 Å². The van der Waals surface area contributed by atoms with E-state index in [1.165, 1.54) is 18.2 Å². The van der Waals surface area contributed by atoms with Gasteiger partial charge < -0.3 is 15.0 Å². The maximum atomic E-state index is 13.2. The molecule has 1 heterocycles. The van der Waals surface area contributed by atoms with E-state index >= 15 is 0 Å². The molecule has 0 saturated carbocycles. The first-order valence-electron chi connectivity index (χ1n) is 10.1. The molecule has 0 aliphatic carbocycles. The summed E-state index contributed by atoms with van der Waals surface area (Å²) in [5.74, 6) is -0.208. The number of phenols is 1. The quantitative estimate of drug-likeness (QED) is 0.423. The smallest absolute Gasteiger partial charge is 0.244 e. The van der Waals surface area contributed by atoms with Crippen LogP contribution in [0.15, 0.2) is 85.1 Å². The Labute approximate surface area is 180 Å². The molecule has 0 atom stereocenters. The van der Waals surface area contributed by atoms with E-state index in [2.05, 4.69) is 28.2 Å². The normalized spacial score (nSPS) is 11.3. The minimum Gasteiger partial charge on any atom is -0.508 e. The summed E-state index contributed by atoms with van der Waals surface area (Å²) in [5, 5.41) is 13.4. The lowest BCUT2D eigenvalue weighted by Gasteiger charge is -2.05. The van der Waals surface area contributed by atoms with Crippen LogP contribution in [0.2, 0.25) is 0 Å². The van der Waals surface area contributed by atoms with Crippen LogP contribution < -0.4 is 5.32 Å². The highest BCUT2D eigenvalue weighted by atomic mass is 19.1. The summed E-state index contributed by atoms with van der Waals surface area (Å²) in [6.07, 6.45) is 6.01. The number of nitrogens with one attached hydrogen (secondary N) is 1. The fourth-order valence-electron chi connectivity index (χ4n) is 3.58. The Morgan fingerprint density at radius 2 is 1.74 bits per heavy atom. The number of aromatic nitrogens is 1. The molecule has 2 N–H and O–H groups in total. The van der Waals surface area contributed by atoms with E-state index in [0.29, 0.717) is 19.5 Å². The van der Waals surface area contributed by atoms with E-state index in [0.717, 1.165) is 27.6 Å². The lowest BCUT2D eigenvalue weighted by atomic mass is 10.1. The van der Waals surface area contributed by atoms with Gasteiger partial charge in [0.1, 0.15) is 11.6 Å². The molecular formula is C26H23FN2O2. The van der Waals surface area contributed by atoms with Gasteiger partial charge in [-0.3, -0.25) is 4.79 Å². The van der Waals surface area contributed by atoms with Crippen molar-refractivity contribution in [2.45, 2.75) is 13.0 Å². The van der Waals surface area contributed by atoms with Crippen molar-refractivity contribution < 1.29 is 14.3 Å². The Kier molecular flexibility index (Phi) is 6.13. The second-order valence-corrected chi connectivity index (χ2v) is 7.39. The molecule has 31 heavy (non-hydrogen) atoms. The summed E-state index contributed by atoms with van der Waals surface area (Å²) >= 11 is 0. The molecule has 0 unspecified atom stereocenters. The van der Waals surface area contributed by atoms with Gasteiger partial charge in [0, 0.05) is 36.3 Å². The average Bonchev–Trinajstić information content (AvgIpc) is 3.12. The van der Waals surface area contributed by atoms with E-state index in [1.54, 1.807) is 42.5 Å². The molecule has 4 aromatic rings. The predicted molar refractivity (Wildman–Crippen MR) is 121 cm³/mol. The number of hydrogen-bond acceptors (Lipinski definition) is 2. The third-order valence-electron chi connectivity index (χ3n) is 5.15. The maximum absolute atomic E-state index is 13.2. The van der Waals surface area contributed by atoms with Crippen molar-refractivity contribution in [3.8, 4) is 5.75 Å². The van der Waals surface area contributed by atoms with Crippen LogP contribution in [0.5, 0.6) is 5.75 Å². The number of carbonyl (C=O) groups is 1. The molecule has 0 radical (unpaired) electrons. The Morgan fingerprint density at radius 3 is 2.52 bits per heavy atom. The average molecular weight is 414 g/mol. The lowest BCUT2D eigenvalue weighted by molar-refractivity contribution is -0.116. The zero-order chi connectivity index (χ0) is 21.6. The molecule has 0 saturated heterocycles. The van der Waals surface area contributed by atoms with Gasteiger partial charge in [-0.05, 0) is 59.5 Å². The van der Waals surface area contributed by atoms with E-state index in [4.69, 9.17) is 0 Å². The van der Waals surface area contributed by atoms with Crippen molar-refractivity contribution >= 4 is 22.9 Å². The molecule has 4 rings (SSSR count). The largest absolute Gasteiger partial charge is 0.508 e. The van der Waals surface area contributed by atoms with Crippen LogP contribution in [0, 0.1) is 5.82 Å². The highest BCUT2D eigenvalue weighted by molar-refractivity contribution is 5.91. The number of nitrogens with zero attached hydrogens (tertiary/aromatic N) is 1. The number of hydrogen-bond donors (Lipinski definition) is 2. The zero-order valence-electron chi connectivity index (χ0n) is 17.0. The maximum Gasteiger partial charge on any atom is 0.244 e. The summed E-state index contributed by atoms with van der Waals surface area (Å²) in [6.45, 7) is 1.17. The number of benzene rings is 3. The monoisotopic (exact) mass is 414 g/mol. The van der Waals surface area contributed by atoms with Crippen molar-refractivity contribution in [2.75, 3.05) is 6.54 Å². The second kappa shape index (κ2) is 9.30. The number of para-hydroxylation sites is 1. The number of phenolic OH excluding ortho intramolecular Hbond substituents is 1. The minimum absolute atomic E-state index is 0.164. The zero-order valence-corrected chi connectivity index (χ0v) is 17.0. The number of fused-ring (bicyclic) bond motifs is 1. The standard InChI is InChI=1S/C26H23FN2O2/c27-22-10-5-20(6-11-22)17-29-18-21(24-3-1-2-4-25(24)29)15-16-28-26(31)14-9-19-7-12-23(30)13-8-19/h1-14,18,30H,15-17H2,(H,28,31)/b14-9+. The third kappa shape index (κ3) is 5.20. The molecular weight excluding hydrogens is 391 g/mol. The summed E-state index contributed by atoms with van der Waals surface area (Å²) in [7, 11) is 0. The van der Waals surface area contributed by atoms with Crippen molar-refractivity contribution in [2.24, 2.45) is 0 Å². The summed E-state index contributed by atoms with van der Waals surface area (Å²) in [5.41, 5.74) is 4.14. The third-order valence-corrected chi connectivity index (χ3v) is 5.15. The van der Waals surface area contributed by atoms with E-state index < -0.39 is 0 Å². The number of rotatable bonds is 7. The summed E-state index contributed by atoms with van der Waals surface area (Å²) < 4.78 is 15.4. The SMILES string of the molecule is O=C(/C=C/c1ccc(O)cc1)NCCc1cn(Cc2ccc(F)cc2)c2ccccc12. The first-order valence-corrected chi connectivity index (χ1v) is 10.1. The van der Waals surface area contributed by atoms with Crippen molar-refractivity contribution in [1.82, 2.24) is 9.88 Å². The number of amides is 1. The molecule has 0 fully saturated rings. The number of halogens is 1. The predicted octanol–water partition coefficient (Wildman–Crippen LogP) is 4.91. The van der Waals surface area contributed by atoms with Crippen molar-refractivity contribution in [3.63, 3.8) is 0 Å². The molecule has 5 heteroatoms. The van der Waals surface area contributed by atoms with Gasteiger partial charge in [0.15, 0.2) is 0 Å². The van der Waals surface area contributed by atoms with Gasteiger partial charge in [0.05, 0.1) is 0 Å². The van der Waals surface area contributed by atoms with Gasteiger partial charge in [-0.2, -0.15) is 0 Å². The number of carbonyl (C=O) groups excluding carboxylic acids is 1. The topological polar surface area (TPSA) is 54.3 Å². The first kappa shape index (κ1) is 20.4. The van der Waals surface area contributed by atoms with Gasteiger partial charge >= 0.3 is 0 Å². The van der Waals surface area contributed by atoms with Crippen LogP contribution in [0.3, 0.4) is 0 Å². The first-order chi connectivity index (χ1) is 15.1. The van der Waals surface area contributed by atoms with Crippen LogP contribution >= 0.6 is 0 Å². The lowest BCUT2D eigenvalue weighted by Crippen LogP contribution is -2.23. The Morgan fingerprint density at radius 1 is 1.00 bits per heavy atom. The number of aromatic hydroxyl groups is 1. The summed E-state index contributed by atoms with van der Waals surface area (Å²) in [4.78, 5) is 12.1. The van der Waals surface area contributed by atoms with E-state index in [1.807, 2.05) is 12.1 Å². The molecule has 3 aromatic carbocycles. The molecule has 0 aliphatic heterocycles.